The number of carbonyl (C=O) groups excluding carboxylic acids is 1. The third kappa shape index (κ3) is 3.68. The summed E-state index contributed by atoms with van der Waals surface area (Å²) >= 11 is 4.37. The fourth-order valence-electron chi connectivity index (χ4n) is 1.81. The summed E-state index contributed by atoms with van der Waals surface area (Å²) in [7, 11) is 0. The molecule has 122 valence electrons. The number of nitrogens with zero attached hydrogens (tertiary/aromatic N) is 5. The molecule has 0 atom stereocenters. The summed E-state index contributed by atoms with van der Waals surface area (Å²) < 4.78 is 1.96. The number of benzene rings is 1. The Morgan fingerprint density at radius 2 is 2.29 bits per heavy atom. The highest BCUT2D eigenvalue weighted by Gasteiger charge is 2.12. The number of hydrogen-bond acceptors (Lipinski definition) is 7. The van der Waals surface area contributed by atoms with Crippen molar-refractivity contribution in [2.45, 2.75) is 5.16 Å². The zero-order valence-electron chi connectivity index (χ0n) is 11.9. The minimum absolute atomic E-state index is 0.0596. The number of nitrogens with one attached hydrogen (secondary N) is 1. The lowest BCUT2D eigenvalue weighted by atomic mass is 10.3. The van der Waals surface area contributed by atoms with Gasteiger partial charge in [-0.05, 0) is 28.1 Å². The van der Waals surface area contributed by atoms with Gasteiger partial charge in [-0.2, -0.15) is 4.98 Å². The van der Waals surface area contributed by atoms with E-state index < -0.39 is 4.92 Å². The molecular weight excluding hydrogens is 400 g/mol. The molecule has 0 spiro atoms. The second-order valence-electron chi connectivity index (χ2n) is 4.52. The topological polar surface area (TPSA) is 115 Å². The van der Waals surface area contributed by atoms with Crippen molar-refractivity contribution in [1.82, 2.24) is 19.6 Å². The van der Waals surface area contributed by atoms with Gasteiger partial charge in [0.1, 0.15) is 0 Å². The quantitative estimate of drug-likeness (QED) is 0.391. The highest BCUT2D eigenvalue weighted by atomic mass is 79.9. The van der Waals surface area contributed by atoms with Crippen LogP contribution in [0.3, 0.4) is 0 Å². The number of aromatic nitrogens is 4. The number of halogens is 1. The van der Waals surface area contributed by atoms with Gasteiger partial charge in [-0.15, -0.1) is 5.10 Å². The lowest BCUT2D eigenvalue weighted by Gasteiger charge is -2.06. The van der Waals surface area contributed by atoms with Crippen LogP contribution in [0, 0.1) is 10.1 Å². The number of nitro groups is 1. The lowest BCUT2D eigenvalue weighted by Crippen LogP contribution is -2.14. The summed E-state index contributed by atoms with van der Waals surface area (Å²) in [5, 5.41) is 18.0. The van der Waals surface area contributed by atoms with Gasteiger partial charge < -0.3 is 5.32 Å². The van der Waals surface area contributed by atoms with Crippen LogP contribution < -0.4 is 5.32 Å². The number of hydrogen-bond donors (Lipinski definition) is 1. The van der Waals surface area contributed by atoms with E-state index in [9.17, 15) is 14.9 Å². The van der Waals surface area contributed by atoms with Crippen LogP contribution in [-0.2, 0) is 4.79 Å². The number of fused-ring (bicyclic) bond motifs is 1. The molecule has 2 heterocycles. The van der Waals surface area contributed by atoms with Crippen LogP contribution in [0.25, 0.3) is 5.78 Å². The first kappa shape index (κ1) is 16.3. The van der Waals surface area contributed by atoms with E-state index in [1.165, 1.54) is 34.5 Å². The Balaban J connectivity index is 1.62. The standard InChI is InChI=1S/C13H9BrN6O3S/c14-9-6-8(20(22)23)2-3-10(9)16-11(21)7-24-13-17-12-15-4-1-5-19(12)18-13/h1-6H,7H2,(H,16,21). The Bertz CT molecular complexity index is 898. The van der Waals surface area contributed by atoms with Gasteiger partial charge in [0.05, 0.1) is 16.4 Å². The molecule has 2 aromatic heterocycles. The van der Waals surface area contributed by atoms with Gasteiger partial charge in [0.15, 0.2) is 0 Å². The minimum Gasteiger partial charge on any atom is -0.324 e. The van der Waals surface area contributed by atoms with E-state index in [0.29, 0.717) is 21.1 Å². The van der Waals surface area contributed by atoms with E-state index in [1.807, 2.05) is 0 Å². The molecule has 3 rings (SSSR count). The molecule has 0 radical (unpaired) electrons. The first-order chi connectivity index (χ1) is 11.5. The predicted molar refractivity (Wildman–Crippen MR) is 90.9 cm³/mol. The van der Waals surface area contributed by atoms with E-state index >= 15 is 0 Å². The zero-order chi connectivity index (χ0) is 17.1. The minimum atomic E-state index is -0.505. The fourth-order valence-corrected chi connectivity index (χ4v) is 2.90. The third-order valence-corrected chi connectivity index (χ3v) is 4.36. The molecule has 3 aromatic rings. The first-order valence-electron chi connectivity index (χ1n) is 6.57. The molecule has 0 fully saturated rings. The van der Waals surface area contributed by atoms with Gasteiger partial charge in [-0.1, -0.05) is 11.8 Å². The van der Waals surface area contributed by atoms with Gasteiger partial charge in [-0.3, -0.25) is 14.9 Å². The lowest BCUT2D eigenvalue weighted by molar-refractivity contribution is -0.384. The maximum Gasteiger partial charge on any atom is 0.270 e. The summed E-state index contributed by atoms with van der Waals surface area (Å²) in [6.07, 6.45) is 3.32. The molecule has 11 heteroatoms. The van der Waals surface area contributed by atoms with Crippen LogP contribution in [0.15, 0.2) is 46.3 Å². The molecule has 24 heavy (non-hydrogen) atoms. The molecule has 0 saturated heterocycles. The Labute approximate surface area is 147 Å². The highest BCUT2D eigenvalue weighted by molar-refractivity contribution is 9.10. The number of carbonyl (C=O) groups is 1. The van der Waals surface area contributed by atoms with Crippen LogP contribution in [0.4, 0.5) is 11.4 Å². The molecule has 1 aromatic carbocycles. The Morgan fingerprint density at radius 1 is 1.46 bits per heavy atom. The van der Waals surface area contributed by atoms with E-state index in [1.54, 1.807) is 18.5 Å². The maximum atomic E-state index is 12.0. The third-order valence-electron chi connectivity index (χ3n) is 2.87. The van der Waals surface area contributed by atoms with Crippen molar-refractivity contribution < 1.29 is 9.72 Å². The average Bonchev–Trinajstić information content (AvgIpc) is 2.97. The van der Waals surface area contributed by atoms with Crippen molar-refractivity contribution in [2.24, 2.45) is 0 Å². The van der Waals surface area contributed by atoms with Crippen molar-refractivity contribution in [3.05, 3.63) is 51.2 Å². The van der Waals surface area contributed by atoms with E-state index in [0.717, 1.165) is 0 Å². The van der Waals surface area contributed by atoms with Gasteiger partial charge in [-0.25, -0.2) is 9.50 Å². The summed E-state index contributed by atoms with van der Waals surface area (Å²) in [5.41, 5.74) is 0.395. The Hall–Kier alpha value is -2.53. The number of non-ortho nitro benzene ring substituents is 1. The van der Waals surface area contributed by atoms with Crippen molar-refractivity contribution in [1.29, 1.82) is 0 Å². The van der Waals surface area contributed by atoms with Crippen LogP contribution in [-0.4, -0.2) is 36.2 Å². The average molecular weight is 409 g/mol. The van der Waals surface area contributed by atoms with Crippen molar-refractivity contribution in [2.75, 3.05) is 11.1 Å². The molecule has 0 aliphatic rings. The molecule has 1 N–H and O–H groups in total. The molecule has 0 aliphatic heterocycles. The largest absolute Gasteiger partial charge is 0.324 e. The van der Waals surface area contributed by atoms with Crippen molar-refractivity contribution in [3.63, 3.8) is 0 Å². The first-order valence-corrected chi connectivity index (χ1v) is 8.35. The monoisotopic (exact) mass is 408 g/mol. The Morgan fingerprint density at radius 3 is 3.00 bits per heavy atom. The van der Waals surface area contributed by atoms with Crippen molar-refractivity contribution in [3.8, 4) is 0 Å². The molecule has 0 aliphatic carbocycles. The predicted octanol–water partition coefficient (Wildman–Crippen LogP) is 2.53. The van der Waals surface area contributed by atoms with Crippen LogP contribution in [0.2, 0.25) is 0 Å². The number of nitro benzene ring substituents is 1. The fraction of sp³-hybridized carbons (Fsp3) is 0.0769. The SMILES string of the molecule is O=C(CSc1nc2ncccn2n1)Nc1ccc([N+](=O)[O-])cc1Br. The number of amides is 1. The van der Waals surface area contributed by atoms with Gasteiger partial charge in [0.2, 0.25) is 11.1 Å². The molecule has 0 bridgehead atoms. The van der Waals surface area contributed by atoms with Crippen LogP contribution in [0.5, 0.6) is 0 Å². The van der Waals surface area contributed by atoms with E-state index in [-0.39, 0.29) is 17.3 Å². The highest BCUT2D eigenvalue weighted by Crippen LogP contribution is 2.27. The second-order valence-corrected chi connectivity index (χ2v) is 6.31. The molecule has 9 nitrogen and oxygen atoms in total. The van der Waals surface area contributed by atoms with Gasteiger partial charge >= 0.3 is 0 Å². The number of thioether (sulfide) groups is 1. The number of anilines is 1. The smallest absolute Gasteiger partial charge is 0.270 e. The summed E-state index contributed by atoms with van der Waals surface area (Å²) in [5.74, 6) is 0.278. The molecule has 0 unspecified atom stereocenters. The van der Waals surface area contributed by atoms with E-state index in [2.05, 4.69) is 36.3 Å². The Kier molecular flexibility index (Phi) is 4.71. The molecule has 0 saturated carbocycles. The van der Waals surface area contributed by atoms with Gasteiger partial charge in [0.25, 0.3) is 11.5 Å². The van der Waals surface area contributed by atoms with E-state index in [4.69, 9.17) is 0 Å². The second kappa shape index (κ2) is 6.93. The normalized spacial score (nSPS) is 10.7. The van der Waals surface area contributed by atoms with Crippen molar-refractivity contribution >= 4 is 50.8 Å². The van der Waals surface area contributed by atoms with Crippen LogP contribution >= 0.6 is 27.7 Å². The van der Waals surface area contributed by atoms with Gasteiger partial charge in [0, 0.05) is 29.0 Å². The number of rotatable bonds is 5. The summed E-state index contributed by atoms with van der Waals surface area (Å²) in [6.45, 7) is 0. The molecular formula is C13H9BrN6O3S. The maximum absolute atomic E-state index is 12.0. The summed E-state index contributed by atoms with van der Waals surface area (Å²) in [4.78, 5) is 30.4. The molecule has 1 amide bonds. The van der Waals surface area contributed by atoms with Crippen LogP contribution in [0.1, 0.15) is 0 Å². The summed E-state index contributed by atoms with van der Waals surface area (Å²) in [6, 6.07) is 5.85. The zero-order valence-corrected chi connectivity index (χ0v) is 14.3.